The second-order valence-corrected chi connectivity index (χ2v) is 12.1. The number of benzene rings is 2. The number of hydrogen-bond donors (Lipinski definition) is 3. The molecule has 2 heterocycles. The molecular weight excluding hydrogens is 474 g/mol. The smallest absolute Gasteiger partial charge is 0.269 e. The van der Waals surface area contributed by atoms with Crippen molar-refractivity contribution in [1.29, 1.82) is 0 Å². The number of rotatable bonds is 6. The van der Waals surface area contributed by atoms with Gasteiger partial charge in [0.25, 0.3) is 15.9 Å². The molecule has 0 atom stereocenters. The van der Waals surface area contributed by atoms with Gasteiger partial charge in [0, 0.05) is 23.0 Å². The second kappa shape index (κ2) is 7.76. The zero-order valence-electron chi connectivity index (χ0n) is 16.6. The van der Waals surface area contributed by atoms with E-state index in [2.05, 4.69) is 20.0 Å². The Morgan fingerprint density at radius 3 is 2.59 bits per heavy atom. The third kappa shape index (κ3) is 4.33. The summed E-state index contributed by atoms with van der Waals surface area (Å²) >= 11 is 1.21. The normalized spacial score (nSPS) is 19.0. The van der Waals surface area contributed by atoms with E-state index in [-0.39, 0.29) is 22.6 Å². The fourth-order valence-corrected chi connectivity index (χ4v) is 6.88. The molecule has 3 aliphatic rings. The first-order valence-electron chi connectivity index (χ1n) is 9.81. The van der Waals surface area contributed by atoms with Gasteiger partial charge in [0.2, 0.25) is 10.0 Å². The molecule has 0 aromatic heterocycles. The van der Waals surface area contributed by atoms with Crippen LogP contribution in [0, 0.1) is 0 Å². The lowest BCUT2D eigenvalue weighted by atomic mass is 10.2. The molecule has 13 heteroatoms. The van der Waals surface area contributed by atoms with Crippen molar-refractivity contribution in [2.45, 2.75) is 28.7 Å². The van der Waals surface area contributed by atoms with Gasteiger partial charge in [0.15, 0.2) is 5.17 Å². The molecule has 2 aliphatic heterocycles. The van der Waals surface area contributed by atoms with Crippen molar-refractivity contribution in [3.63, 3.8) is 0 Å². The van der Waals surface area contributed by atoms with Crippen LogP contribution in [0.3, 0.4) is 0 Å². The Morgan fingerprint density at radius 2 is 1.88 bits per heavy atom. The molecule has 5 rings (SSSR count). The maximum Gasteiger partial charge on any atom is 0.269 e. The van der Waals surface area contributed by atoms with E-state index in [1.807, 2.05) is 4.90 Å². The van der Waals surface area contributed by atoms with Crippen LogP contribution in [0.15, 0.2) is 56.7 Å². The fraction of sp³-hybridized carbons (Fsp3) is 0.263. The molecule has 2 aromatic rings. The molecule has 0 radical (unpaired) electrons. The first-order valence-corrected chi connectivity index (χ1v) is 13.7. The summed E-state index contributed by atoms with van der Waals surface area (Å²) < 4.78 is 54.3. The van der Waals surface area contributed by atoms with E-state index >= 15 is 0 Å². The van der Waals surface area contributed by atoms with Gasteiger partial charge in [0.1, 0.15) is 0 Å². The van der Waals surface area contributed by atoms with Gasteiger partial charge in [0.05, 0.1) is 22.0 Å². The van der Waals surface area contributed by atoms with Crippen LogP contribution in [-0.2, 0) is 20.0 Å². The zero-order chi connectivity index (χ0) is 22.5. The minimum Gasteiger partial charge on any atom is -0.318 e. The van der Waals surface area contributed by atoms with Crippen molar-refractivity contribution >= 4 is 54.3 Å². The number of anilines is 2. The van der Waals surface area contributed by atoms with Crippen LogP contribution in [0.2, 0.25) is 0 Å². The highest BCUT2D eigenvalue weighted by atomic mass is 32.2. The molecule has 0 spiro atoms. The third-order valence-corrected chi connectivity index (χ3v) is 8.96. The zero-order valence-corrected chi connectivity index (χ0v) is 19.1. The van der Waals surface area contributed by atoms with Crippen LogP contribution in [0.1, 0.15) is 23.2 Å². The van der Waals surface area contributed by atoms with Crippen LogP contribution in [0.25, 0.3) is 0 Å². The number of amidine groups is 1. The predicted octanol–water partition coefficient (Wildman–Crippen LogP) is 1.50. The van der Waals surface area contributed by atoms with E-state index in [0.29, 0.717) is 23.0 Å². The molecule has 0 bridgehead atoms. The third-order valence-electron chi connectivity index (χ3n) is 5.12. The summed E-state index contributed by atoms with van der Waals surface area (Å²) in [5.41, 5.74) is 7.08. The van der Waals surface area contributed by atoms with Crippen molar-refractivity contribution in [1.82, 2.24) is 10.1 Å². The summed E-state index contributed by atoms with van der Waals surface area (Å²) in [7, 11) is -6.97. The topological polar surface area (TPSA) is 137 Å². The summed E-state index contributed by atoms with van der Waals surface area (Å²) in [6, 6.07) is 11.2. The van der Waals surface area contributed by atoms with Crippen molar-refractivity contribution in [3.05, 3.63) is 48.0 Å². The van der Waals surface area contributed by atoms with E-state index < -0.39 is 20.0 Å². The largest absolute Gasteiger partial charge is 0.318 e. The highest BCUT2D eigenvalue weighted by molar-refractivity contribution is 8.15. The molecule has 3 N–H and O–H groups in total. The highest BCUT2D eigenvalue weighted by Gasteiger charge is 2.33. The number of hydrazine groups is 1. The Morgan fingerprint density at radius 1 is 1.12 bits per heavy atom. The molecule has 10 nitrogen and oxygen atoms in total. The first-order chi connectivity index (χ1) is 15.2. The Hall–Kier alpha value is -2.61. The fourth-order valence-electron chi connectivity index (χ4n) is 3.28. The standard InChI is InChI=1S/C19H19N5O5S3/c25-18(21-20-13-4-6-15(7-5-13)32(28,29)22-14-2-3-14)12-1-8-16-17(11-12)30-19-23-31(26,27)10-9-24(16)19/h1,4-8,11,14,20,22H,2-3,9-10H2,(H,21,25). The number of carbonyl (C=O) groups is 1. The lowest BCUT2D eigenvalue weighted by molar-refractivity contribution is 0.0962. The number of fused-ring (bicyclic) bond motifs is 3. The van der Waals surface area contributed by atoms with Gasteiger partial charge in [-0.1, -0.05) is 0 Å². The first kappa shape index (κ1) is 21.2. The summed E-state index contributed by atoms with van der Waals surface area (Å²) in [5.74, 6) is -0.431. The summed E-state index contributed by atoms with van der Waals surface area (Å²) in [4.78, 5) is 15.3. The number of carbonyl (C=O) groups excluding carboxylic acids is 1. The molecule has 1 fully saturated rings. The SMILES string of the molecule is O=C(NNc1ccc(S(=O)(=O)NC2CC2)cc1)c1ccc2c(c1)SC1=NS(=O)(=O)CCN12. The second-order valence-electron chi connectivity index (χ2n) is 7.60. The number of nitrogens with one attached hydrogen (secondary N) is 3. The average Bonchev–Trinajstić information content (AvgIpc) is 3.48. The molecule has 0 unspecified atom stereocenters. The van der Waals surface area contributed by atoms with E-state index in [9.17, 15) is 21.6 Å². The van der Waals surface area contributed by atoms with Crippen LogP contribution in [0.4, 0.5) is 11.4 Å². The van der Waals surface area contributed by atoms with Gasteiger partial charge < -0.3 is 4.90 Å². The monoisotopic (exact) mass is 493 g/mol. The van der Waals surface area contributed by atoms with Gasteiger partial charge in [-0.2, -0.15) is 0 Å². The Labute approximate surface area is 189 Å². The number of nitrogens with zero attached hydrogens (tertiary/aromatic N) is 2. The Bertz CT molecular complexity index is 1340. The molecule has 1 aliphatic carbocycles. The van der Waals surface area contributed by atoms with E-state index in [4.69, 9.17) is 0 Å². The highest BCUT2D eigenvalue weighted by Crippen LogP contribution is 2.42. The molecule has 1 amide bonds. The summed E-state index contributed by atoms with van der Waals surface area (Å²) in [6.07, 6.45) is 1.72. The Balaban J connectivity index is 1.24. The van der Waals surface area contributed by atoms with Crippen molar-refractivity contribution in [3.8, 4) is 0 Å². The van der Waals surface area contributed by atoms with Crippen LogP contribution in [-0.4, -0.2) is 46.2 Å². The van der Waals surface area contributed by atoms with E-state index in [1.54, 1.807) is 30.3 Å². The van der Waals surface area contributed by atoms with Crippen LogP contribution < -0.4 is 20.5 Å². The average molecular weight is 494 g/mol. The minimum absolute atomic E-state index is 0.0276. The maximum atomic E-state index is 12.6. The molecular formula is C19H19N5O5S3. The van der Waals surface area contributed by atoms with E-state index in [0.717, 1.165) is 23.4 Å². The van der Waals surface area contributed by atoms with Gasteiger partial charge in [-0.3, -0.25) is 15.6 Å². The summed E-state index contributed by atoms with van der Waals surface area (Å²) in [6.45, 7) is 0.330. The number of thioether (sulfide) groups is 1. The number of amides is 1. The predicted molar refractivity (Wildman–Crippen MR) is 122 cm³/mol. The van der Waals surface area contributed by atoms with Crippen LogP contribution in [0.5, 0.6) is 0 Å². The molecule has 168 valence electrons. The van der Waals surface area contributed by atoms with Crippen LogP contribution >= 0.6 is 11.8 Å². The van der Waals surface area contributed by atoms with Gasteiger partial charge in [-0.15, -0.1) is 4.40 Å². The van der Waals surface area contributed by atoms with E-state index in [1.165, 1.54) is 23.9 Å². The maximum absolute atomic E-state index is 12.6. The number of hydrogen-bond acceptors (Lipinski definition) is 8. The van der Waals surface area contributed by atoms with Gasteiger partial charge >= 0.3 is 0 Å². The van der Waals surface area contributed by atoms with Crippen molar-refractivity contribution < 1.29 is 21.6 Å². The molecule has 0 saturated heterocycles. The van der Waals surface area contributed by atoms with Crippen molar-refractivity contribution in [2.24, 2.45) is 4.40 Å². The molecule has 1 saturated carbocycles. The lowest BCUT2D eigenvalue weighted by Crippen LogP contribution is -2.35. The number of sulfonamides is 2. The summed E-state index contributed by atoms with van der Waals surface area (Å²) in [5, 5.41) is 0.396. The van der Waals surface area contributed by atoms with Gasteiger partial charge in [-0.05, 0) is 67.1 Å². The van der Waals surface area contributed by atoms with Gasteiger partial charge in [-0.25, -0.2) is 21.6 Å². The molecule has 32 heavy (non-hydrogen) atoms. The van der Waals surface area contributed by atoms with Crippen molar-refractivity contribution in [2.75, 3.05) is 22.6 Å². The quantitative estimate of drug-likeness (QED) is 0.515. The lowest BCUT2D eigenvalue weighted by Gasteiger charge is -2.22. The molecule has 2 aromatic carbocycles. The Kier molecular flexibility index (Phi) is 5.15. The minimum atomic E-state index is -3.53.